The zero-order chi connectivity index (χ0) is 13.5. The van der Waals surface area contributed by atoms with Gasteiger partial charge in [0.25, 0.3) is 0 Å². The van der Waals surface area contributed by atoms with Crippen molar-refractivity contribution in [2.75, 3.05) is 44.2 Å². The highest BCUT2D eigenvalue weighted by molar-refractivity contribution is 6.33. The van der Waals surface area contributed by atoms with Gasteiger partial charge < -0.3 is 15.5 Å². The van der Waals surface area contributed by atoms with Crippen molar-refractivity contribution in [3.8, 4) is 0 Å². The summed E-state index contributed by atoms with van der Waals surface area (Å²) >= 11 is 6.22. The van der Waals surface area contributed by atoms with E-state index in [0.717, 1.165) is 49.9 Å². The van der Waals surface area contributed by atoms with Crippen LogP contribution < -0.4 is 10.6 Å². The van der Waals surface area contributed by atoms with E-state index in [2.05, 4.69) is 14.8 Å². The van der Waals surface area contributed by atoms with E-state index in [1.165, 1.54) is 19.4 Å². The molecule has 0 aromatic carbocycles. The molecule has 106 valence electrons. The fourth-order valence-corrected chi connectivity index (χ4v) is 2.78. The van der Waals surface area contributed by atoms with Gasteiger partial charge in [0.1, 0.15) is 0 Å². The molecule has 0 atom stereocenters. The Bertz CT molecular complexity index is 385. The Morgan fingerprint density at radius 1 is 1.21 bits per heavy atom. The molecule has 1 aromatic heterocycles. The third-order valence-electron chi connectivity index (χ3n) is 3.61. The molecule has 0 aliphatic carbocycles. The first-order chi connectivity index (χ1) is 9.31. The number of pyridine rings is 1. The van der Waals surface area contributed by atoms with Crippen molar-refractivity contribution < 1.29 is 0 Å². The van der Waals surface area contributed by atoms with Crippen LogP contribution in [-0.4, -0.2) is 49.2 Å². The quantitative estimate of drug-likeness (QED) is 0.839. The van der Waals surface area contributed by atoms with Gasteiger partial charge in [-0.3, -0.25) is 4.98 Å². The lowest BCUT2D eigenvalue weighted by Crippen LogP contribution is -2.31. The lowest BCUT2D eigenvalue weighted by Gasteiger charge is -2.24. The van der Waals surface area contributed by atoms with Crippen LogP contribution in [-0.2, 0) is 0 Å². The smallest absolute Gasteiger partial charge is 0.0822 e. The van der Waals surface area contributed by atoms with E-state index in [-0.39, 0.29) is 0 Å². The number of aromatic nitrogens is 1. The summed E-state index contributed by atoms with van der Waals surface area (Å²) in [6.07, 6.45) is 7.04. The number of hydrogen-bond donors (Lipinski definition) is 1. The SMILES string of the molecule is NCCCCN1CCCN(c2ccncc2Cl)CC1. The van der Waals surface area contributed by atoms with Crippen LogP contribution in [0.25, 0.3) is 0 Å². The van der Waals surface area contributed by atoms with Gasteiger partial charge in [0.05, 0.1) is 10.7 Å². The van der Waals surface area contributed by atoms with E-state index in [1.807, 2.05) is 12.3 Å². The molecule has 0 spiro atoms. The average molecular weight is 283 g/mol. The predicted octanol–water partition coefficient (Wildman–Crippen LogP) is 1.99. The van der Waals surface area contributed by atoms with Gasteiger partial charge in [-0.05, 0) is 45.0 Å². The number of unbranched alkanes of at least 4 members (excludes halogenated alkanes) is 1. The Balaban J connectivity index is 1.88. The van der Waals surface area contributed by atoms with Gasteiger partial charge in [0, 0.05) is 32.0 Å². The first kappa shape index (κ1) is 14.6. The number of hydrogen-bond acceptors (Lipinski definition) is 4. The van der Waals surface area contributed by atoms with E-state index in [9.17, 15) is 0 Å². The second-order valence-electron chi connectivity index (χ2n) is 5.01. The molecule has 1 aliphatic heterocycles. The maximum atomic E-state index is 6.22. The molecule has 0 amide bonds. The summed E-state index contributed by atoms with van der Waals surface area (Å²) in [5.41, 5.74) is 6.65. The van der Waals surface area contributed by atoms with Gasteiger partial charge in [0.15, 0.2) is 0 Å². The van der Waals surface area contributed by atoms with Crippen LogP contribution in [0.4, 0.5) is 5.69 Å². The molecular formula is C14H23ClN4. The van der Waals surface area contributed by atoms with Gasteiger partial charge in [-0.15, -0.1) is 0 Å². The number of nitrogens with zero attached hydrogens (tertiary/aromatic N) is 3. The van der Waals surface area contributed by atoms with Crippen LogP contribution >= 0.6 is 11.6 Å². The monoisotopic (exact) mass is 282 g/mol. The Hall–Kier alpha value is -0.840. The molecule has 4 nitrogen and oxygen atoms in total. The van der Waals surface area contributed by atoms with Crippen molar-refractivity contribution in [1.29, 1.82) is 0 Å². The molecule has 2 rings (SSSR count). The average Bonchev–Trinajstić information content (AvgIpc) is 2.65. The van der Waals surface area contributed by atoms with Crippen molar-refractivity contribution in [3.63, 3.8) is 0 Å². The number of nitrogens with two attached hydrogens (primary N) is 1. The third-order valence-corrected chi connectivity index (χ3v) is 3.90. The van der Waals surface area contributed by atoms with E-state index in [0.29, 0.717) is 0 Å². The minimum atomic E-state index is 0.749. The minimum Gasteiger partial charge on any atom is -0.369 e. The second kappa shape index (κ2) is 7.68. The van der Waals surface area contributed by atoms with Crippen molar-refractivity contribution in [1.82, 2.24) is 9.88 Å². The molecule has 5 heteroatoms. The Kier molecular flexibility index (Phi) is 5.89. The van der Waals surface area contributed by atoms with Crippen LogP contribution in [0.1, 0.15) is 19.3 Å². The van der Waals surface area contributed by atoms with Crippen LogP contribution in [0.3, 0.4) is 0 Å². The van der Waals surface area contributed by atoms with Crippen molar-refractivity contribution in [2.45, 2.75) is 19.3 Å². The van der Waals surface area contributed by atoms with E-state index in [1.54, 1.807) is 6.20 Å². The summed E-state index contributed by atoms with van der Waals surface area (Å²) in [5.74, 6) is 0. The van der Waals surface area contributed by atoms with Crippen molar-refractivity contribution >= 4 is 17.3 Å². The first-order valence-electron chi connectivity index (χ1n) is 7.08. The molecule has 1 saturated heterocycles. The standard InChI is InChI=1S/C14H23ClN4/c15-13-12-17-6-4-14(13)19-9-3-8-18(10-11-19)7-2-1-5-16/h4,6,12H,1-3,5,7-11,16H2. The number of rotatable bonds is 5. The van der Waals surface area contributed by atoms with Crippen molar-refractivity contribution in [2.24, 2.45) is 5.73 Å². The lowest BCUT2D eigenvalue weighted by atomic mass is 10.3. The predicted molar refractivity (Wildman–Crippen MR) is 80.8 cm³/mol. The van der Waals surface area contributed by atoms with E-state index >= 15 is 0 Å². The van der Waals surface area contributed by atoms with Crippen LogP contribution in [0.2, 0.25) is 5.02 Å². The fourth-order valence-electron chi connectivity index (χ4n) is 2.54. The fraction of sp³-hybridized carbons (Fsp3) is 0.643. The van der Waals surface area contributed by atoms with Gasteiger partial charge in [-0.2, -0.15) is 0 Å². The van der Waals surface area contributed by atoms with E-state index in [4.69, 9.17) is 17.3 Å². The molecule has 0 radical (unpaired) electrons. The summed E-state index contributed by atoms with van der Waals surface area (Å²) in [6, 6.07) is 2.01. The number of anilines is 1. The summed E-state index contributed by atoms with van der Waals surface area (Å²) in [4.78, 5) is 8.95. The zero-order valence-electron chi connectivity index (χ0n) is 11.4. The van der Waals surface area contributed by atoms with Crippen molar-refractivity contribution in [3.05, 3.63) is 23.5 Å². The van der Waals surface area contributed by atoms with Crippen LogP contribution in [0.5, 0.6) is 0 Å². The Labute approximate surface area is 120 Å². The number of halogens is 1. The highest BCUT2D eigenvalue weighted by Gasteiger charge is 2.16. The molecule has 0 unspecified atom stereocenters. The summed E-state index contributed by atoms with van der Waals surface area (Å²) < 4.78 is 0. The molecule has 2 N–H and O–H groups in total. The molecule has 19 heavy (non-hydrogen) atoms. The molecule has 1 fully saturated rings. The normalized spacial score (nSPS) is 17.5. The maximum absolute atomic E-state index is 6.22. The molecular weight excluding hydrogens is 260 g/mol. The molecule has 1 aromatic rings. The Morgan fingerprint density at radius 3 is 2.89 bits per heavy atom. The maximum Gasteiger partial charge on any atom is 0.0822 e. The van der Waals surface area contributed by atoms with Crippen LogP contribution in [0.15, 0.2) is 18.5 Å². The molecule has 1 aliphatic rings. The highest BCUT2D eigenvalue weighted by atomic mass is 35.5. The Morgan fingerprint density at radius 2 is 2.11 bits per heavy atom. The molecule has 0 saturated carbocycles. The van der Waals surface area contributed by atoms with Crippen LogP contribution in [0, 0.1) is 0 Å². The topological polar surface area (TPSA) is 45.4 Å². The highest BCUT2D eigenvalue weighted by Crippen LogP contribution is 2.25. The summed E-state index contributed by atoms with van der Waals surface area (Å²) in [7, 11) is 0. The zero-order valence-corrected chi connectivity index (χ0v) is 12.1. The molecule has 2 heterocycles. The second-order valence-corrected chi connectivity index (χ2v) is 5.41. The van der Waals surface area contributed by atoms with E-state index < -0.39 is 0 Å². The summed E-state index contributed by atoms with van der Waals surface area (Å²) in [6.45, 7) is 6.33. The first-order valence-corrected chi connectivity index (χ1v) is 7.46. The van der Waals surface area contributed by atoms with Gasteiger partial charge in [-0.25, -0.2) is 0 Å². The third kappa shape index (κ3) is 4.34. The largest absolute Gasteiger partial charge is 0.369 e. The summed E-state index contributed by atoms with van der Waals surface area (Å²) in [5, 5.41) is 0.749. The molecule has 0 bridgehead atoms. The van der Waals surface area contributed by atoms with Gasteiger partial charge >= 0.3 is 0 Å². The lowest BCUT2D eigenvalue weighted by molar-refractivity contribution is 0.288. The van der Waals surface area contributed by atoms with Gasteiger partial charge in [0.2, 0.25) is 0 Å². The minimum absolute atomic E-state index is 0.749. The van der Waals surface area contributed by atoms with Gasteiger partial charge in [-0.1, -0.05) is 11.6 Å².